The lowest BCUT2D eigenvalue weighted by Gasteiger charge is -2.06. The van der Waals surface area contributed by atoms with Crippen molar-refractivity contribution in [2.45, 2.75) is 13.0 Å². The van der Waals surface area contributed by atoms with Gasteiger partial charge < -0.3 is 15.6 Å². The average Bonchev–Trinajstić information content (AvgIpc) is 3.16. The summed E-state index contributed by atoms with van der Waals surface area (Å²) >= 11 is 0. The zero-order valence-corrected chi connectivity index (χ0v) is 15.2. The summed E-state index contributed by atoms with van der Waals surface area (Å²) in [6.07, 6.45) is 6.31. The van der Waals surface area contributed by atoms with Gasteiger partial charge >= 0.3 is 0 Å². The van der Waals surface area contributed by atoms with E-state index in [1.165, 1.54) is 10.9 Å². The zero-order valence-electron chi connectivity index (χ0n) is 15.2. The third kappa shape index (κ3) is 4.15. The van der Waals surface area contributed by atoms with Crippen LogP contribution >= 0.6 is 0 Å². The minimum absolute atomic E-state index is 0.262. The van der Waals surface area contributed by atoms with Crippen LogP contribution in [0.2, 0.25) is 0 Å². The average molecular weight is 372 g/mol. The molecule has 4 aromatic rings. The van der Waals surface area contributed by atoms with Gasteiger partial charge in [-0.3, -0.25) is 9.78 Å². The topological polar surface area (TPSA) is 95.6 Å². The van der Waals surface area contributed by atoms with Crippen molar-refractivity contribution in [3.63, 3.8) is 0 Å². The maximum absolute atomic E-state index is 12.2. The van der Waals surface area contributed by atoms with Crippen molar-refractivity contribution in [2.75, 3.05) is 11.9 Å². The first kappa shape index (κ1) is 17.7. The van der Waals surface area contributed by atoms with Crippen LogP contribution in [0.5, 0.6) is 0 Å². The molecule has 3 N–H and O–H groups in total. The Labute approximate surface area is 162 Å². The molecule has 0 saturated carbocycles. The van der Waals surface area contributed by atoms with Crippen LogP contribution in [0.15, 0.2) is 67.1 Å². The first-order valence-corrected chi connectivity index (χ1v) is 9.09. The third-order valence-electron chi connectivity index (χ3n) is 4.45. The highest BCUT2D eigenvalue weighted by atomic mass is 16.1. The monoisotopic (exact) mass is 372 g/mol. The van der Waals surface area contributed by atoms with Gasteiger partial charge in [0, 0.05) is 42.6 Å². The molecule has 0 aliphatic heterocycles. The van der Waals surface area contributed by atoms with E-state index in [9.17, 15) is 4.79 Å². The van der Waals surface area contributed by atoms with Crippen molar-refractivity contribution in [3.8, 4) is 0 Å². The fraction of sp³-hybridized carbons (Fsp3) is 0.143. The maximum atomic E-state index is 12.2. The number of aromatic nitrogens is 4. The second-order valence-electron chi connectivity index (χ2n) is 6.38. The van der Waals surface area contributed by atoms with Gasteiger partial charge in [0.15, 0.2) is 5.69 Å². The largest absolute Gasteiger partial charge is 0.368 e. The number of hydrogen-bond acceptors (Lipinski definition) is 5. The summed E-state index contributed by atoms with van der Waals surface area (Å²) in [4.78, 5) is 19.5. The number of anilines is 1. The van der Waals surface area contributed by atoms with Gasteiger partial charge in [0.05, 0.1) is 0 Å². The summed E-state index contributed by atoms with van der Waals surface area (Å²) in [5.41, 5.74) is 3.60. The Hall–Kier alpha value is -3.74. The number of carbonyl (C=O) groups excluding carboxylic acids is 1. The molecular weight excluding hydrogens is 352 g/mol. The molecule has 28 heavy (non-hydrogen) atoms. The van der Waals surface area contributed by atoms with Gasteiger partial charge in [0.1, 0.15) is 5.82 Å². The summed E-state index contributed by atoms with van der Waals surface area (Å²) in [6.45, 7) is 1.13. The number of nitrogens with zero attached hydrogens (tertiary/aromatic N) is 3. The summed E-state index contributed by atoms with van der Waals surface area (Å²) in [5.74, 6) is 0.380. The van der Waals surface area contributed by atoms with Crippen LogP contribution in [0, 0.1) is 0 Å². The number of H-pyrrole nitrogens is 1. The first-order valence-electron chi connectivity index (χ1n) is 9.09. The van der Waals surface area contributed by atoms with Crippen molar-refractivity contribution >= 4 is 22.6 Å². The van der Waals surface area contributed by atoms with E-state index in [4.69, 9.17) is 0 Å². The molecule has 7 heteroatoms. The molecule has 3 aromatic heterocycles. The fourth-order valence-corrected chi connectivity index (χ4v) is 2.99. The molecule has 1 amide bonds. The van der Waals surface area contributed by atoms with Gasteiger partial charge in [-0.05, 0) is 41.8 Å². The lowest BCUT2D eigenvalue weighted by molar-refractivity contribution is 0.0945. The molecule has 0 aliphatic carbocycles. The Balaban J connectivity index is 1.29. The van der Waals surface area contributed by atoms with Crippen LogP contribution in [0.3, 0.4) is 0 Å². The third-order valence-corrected chi connectivity index (χ3v) is 4.45. The molecule has 0 atom stereocenters. The number of nitrogens with one attached hydrogen (secondary N) is 3. The van der Waals surface area contributed by atoms with E-state index in [2.05, 4.69) is 42.9 Å². The predicted octanol–water partition coefficient (Wildman–Crippen LogP) is 2.94. The number of para-hydroxylation sites is 1. The molecule has 0 aliphatic rings. The molecule has 4 rings (SSSR count). The number of fused-ring (bicyclic) bond motifs is 1. The summed E-state index contributed by atoms with van der Waals surface area (Å²) < 4.78 is 0. The normalized spacial score (nSPS) is 10.7. The molecule has 140 valence electrons. The van der Waals surface area contributed by atoms with Crippen molar-refractivity contribution in [1.82, 2.24) is 25.5 Å². The highest BCUT2D eigenvalue weighted by Crippen LogP contribution is 2.18. The molecule has 3 heterocycles. The number of pyridine rings is 1. The number of benzene rings is 1. The van der Waals surface area contributed by atoms with Gasteiger partial charge in [0.2, 0.25) is 0 Å². The van der Waals surface area contributed by atoms with Crippen LogP contribution in [0.1, 0.15) is 21.6 Å². The quantitative estimate of drug-likeness (QED) is 0.464. The molecule has 0 fully saturated rings. The van der Waals surface area contributed by atoms with Crippen LogP contribution in [0.4, 0.5) is 5.82 Å². The van der Waals surface area contributed by atoms with E-state index < -0.39 is 0 Å². The number of carbonyl (C=O) groups is 1. The highest BCUT2D eigenvalue weighted by molar-refractivity contribution is 5.92. The Morgan fingerprint density at radius 3 is 2.79 bits per heavy atom. The zero-order chi connectivity index (χ0) is 19.2. The van der Waals surface area contributed by atoms with Crippen molar-refractivity contribution in [3.05, 3.63) is 83.9 Å². The standard InChI is InChI=1S/C21H20N6O/c28-21(25-13-15-4-3-10-22-12-15)19-7-8-20(27-26-19)23-11-9-16-14-24-18-6-2-1-5-17(16)18/h1-8,10,12,14,24H,9,11,13H2,(H,23,27)(H,25,28). The first-order chi connectivity index (χ1) is 13.8. The SMILES string of the molecule is O=C(NCc1cccnc1)c1ccc(NCCc2c[nH]c3ccccc23)nn1. The van der Waals surface area contributed by atoms with Gasteiger partial charge in [0.25, 0.3) is 5.91 Å². The smallest absolute Gasteiger partial charge is 0.272 e. The van der Waals surface area contributed by atoms with E-state index >= 15 is 0 Å². The fourth-order valence-electron chi connectivity index (χ4n) is 2.99. The molecule has 1 aromatic carbocycles. The molecule has 0 spiro atoms. The van der Waals surface area contributed by atoms with Crippen molar-refractivity contribution in [2.24, 2.45) is 0 Å². The molecule has 0 unspecified atom stereocenters. The van der Waals surface area contributed by atoms with Crippen LogP contribution in [-0.4, -0.2) is 32.6 Å². The Bertz CT molecular complexity index is 1060. The van der Waals surface area contributed by atoms with Gasteiger partial charge in [-0.2, -0.15) is 0 Å². The number of hydrogen-bond donors (Lipinski definition) is 3. The van der Waals surface area contributed by atoms with Gasteiger partial charge in [-0.15, -0.1) is 10.2 Å². The second-order valence-corrected chi connectivity index (χ2v) is 6.38. The molecule has 0 saturated heterocycles. The molecule has 0 radical (unpaired) electrons. The maximum Gasteiger partial charge on any atom is 0.272 e. The van der Waals surface area contributed by atoms with Crippen LogP contribution < -0.4 is 10.6 Å². The van der Waals surface area contributed by atoms with Gasteiger partial charge in [-0.25, -0.2) is 0 Å². The lowest BCUT2D eigenvalue weighted by atomic mass is 10.1. The van der Waals surface area contributed by atoms with Crippen molar-refractivity contribution < 1.29 is 4.79 Å². The van der Waals surface area contributed by atoms with E-state index in [0.717, 1.165) is 24.0 Å². The Kier molecular flexibility index (Phi) is 5.24. The molecule has 7 nitrogen and oxygen atoms in total. The summed E-state index contributed by atoms with van der Waals surface area (Å²) in [7, 11) is 0. The van der Waals surface area contributed by atoms with E-state index in [0.29, 0.717) is 12.4 Å². The Morgan fingerprint density at radius 2 is 1.96 bits per heavy atom. The minimum Gasteiger partial charge on any atom is -0.368 e. The van der Waals surface area contributed by atoms with E-state index in [1.807, 2.05) is 30.5 Å². The highest BCUT2D eigenvalue weighted by Gasteiger charge is 2.08. The minimum atomic E-state index is -0.262. The second kappa shape index (κ2) is 8.30. The van der Waals surface area contributed by atoms with E-state index in [-0.39, 0.29) is 11.6 Å². The van der Waals surface area contributed by atoms with E-state index in [1.54, 1.807) is 24.5 Å². The predicted molar refractivity (Wildman–Crippen MR) is 108 cm³/mol. The molecule has 0 bridgehead atoms. The lowest BCUT2D eigenvalue weighted by Crippen LogP contribution is -2.24. The molecular formula is C21H20N6O. The number of amides is 1. The summed E-state index contributed by atoms with van der Waals surface area (Å²) in [5, 5.41) is 15.4. The van der Waals surface area contributed by atoms with Crippen molar-refractivity contribution in [1.29, 1.82) is 0 Å². The van der Waals surface area contributed by atoms with Crippen LogP contribution in [-0.2, 0) is 13.0 Å². The summed E-state index contributed by atoms with van der Waals surface area (Å²) in [6, 6.07) is 15.4. The number of aromatic amines is 1. The van der Waals surface area contributed by atoms with Crippen LogP contribution in [0.25, 0.3) is 10.9 Å². The Morgan fingerprint density at radius 1 is 1.04 bits per heavy atom. The number of rotatable bonds is 7. The van der Waals surface area contributed by atoms with Gasteiger partial charge in [-0.1, -0.05) is 24.3 Å².